The fourth-order valence-electron chi connectivity index (χ4n) is 2.31. The largest absolute Gasteiger partial charge is 0.360 e. The summed E-state index contributed by atoms with van der Waals surface area (Å²) in [6.45, 7) is 8.68. The van der Waals surface area contributed by atoms with Gasteiger partial charge in [0.2, 0.25) is 0 Å². The quantitative estimate of drug-likeness (QED) is 0.786. The van der Waals surface area contributed by atoms with Gasteiger partial charge in [-0.15, -0.1) is 0 Å². The Labute approximate surface area is 97.5 Å². The van der Waals surface area contributed by atoms with Gasteiger partial charge < -0.3 is 4.74 Å². The van der Waals surface area contributed by atoms with Crippen LogP contribution >= 0.6 is 11.8 Å². The third-order valence-electron chi connectivity index (χ3n) is 3.42. The molecule has 88 valence electrons. The average Bonchev–Trinajstić information content (AvgIpc) is 2.64. The molecule has 1 N–H and O–H groups in total. The summed E-state index contributed by atoms with van der Waals surface area (Å²) < 4.78 is 6.02. The second-order valence-corrected chi connectivity index (χ2v) is 7.12. The van der Waals surface area contributed by atoms with Crippen molar-refractivity contribution in [3.05, 3.63) is 0 Å². The lowest BCUT2D eigenvalue weighted by Gasteiger charge is -2.43. The molecule has 2 aliphatic rings. The molecule has 0 aromatic carbocycles. The molecule has 0 aliphatic carbocycles. The number of hydrogen-bond donors (Lipinski definition) is 1. The van der Waals surface area contributed by atoms with E-state index in [9.17, 15) is 0 Å². The van der Waals surface area contributed by atoms with Crippen LogP contribution in [-0.2, 0) is 4.74 Å². The van der Waals surface area contributed by atoms with E-state index >= 15 is 0 Å². The van der Waals surface area contributed by atoms with Crippen LogP contribution in [0.3, 0.4) is 0 Å². The van der Waals surface area contributed by atoms with E-state index in [0.29, 0.717) is 5.41 Å². The van der Waals surface area contributed by atoms with Crippen LogP contribution in [-0.4, -0.2) is 30.4 Å². The summed E-state index contributed by atoms with van der Waals surface area (Å²) in [6, 6.07) is 0. The van der Waals surface area contributed by atoms with Gasteiger partial charge in [-0.05, 0) is 37.2 Å². The summed E-state index contributed by atoms with van der Waals surface area (Å²) in [5.74, 6) is 3.52. The van der Waals surface area contributed by atoms with E-state index < -0.39 is 0 Å². The van der Waals surface area contributed by atoms with Gasteiger partial charge in [-0.1, -0.05) is 13.8 Å². The highest BCUT2D eigenvalue weighted by Gasteiger charge is 2.37. The average molecular weight is 229 g/mol. The third-order valence-corrected chi connectivity index (χ3v) is 4.66. The van der Waals surface area contributed by atoms with Gasteiger partial charge in [-0.2, -0.15) is 11.8 Å². The first-order valence-electron chi connectivity index (χ1n) is 5.96. The molecule has 2 fully saturated rings. The molecule has 0 spiro atoms. The van der Waals surface area contributed by atoms with Gasteiger partial charge in [-0.3, -0.25) is 5.32 Å². The minimum absolute atomic E-state index is 0.0644. The second kappa shape index (κ2) is 4.27. The van der Waals surface area contributed by atoms with Crippen molar-refractivity contribution in [3.8, 4) is 0 Å². The Morgan fingerprint density at radius 2 is 2.20 bits per heavy atom. The van der Waals surface area contributed by atoms with E-state index in [1.54, 1.807) is 0 Å². The fraction of sp³-hybridized carbons (Fsp3) is 1.00. The number of rotatable bonds is 2. The maximum absolute atomic E-state index is 6.02. The predicted molar refractivity (Wildman–Crippen MR) is 66.2 cm³/mol. The molecule has 0 bridgehead atoms. The molecule has 2 rings (SSSR count). The molecule has 0 amide bonds. The molecule has 2 aliphatic heterocycles. The summed E-state index contributed by atoms with van der Waals surface area (Å²) in [5.41, 5.74) is 0.231. The van der Waals surface area contributed by atoms with E-state index in [2.05, 4.69) is 37.8 Å². The van der Waals surface area contributed by atoms with E-state index in [1.807, 2.05) is 0 Å². The molecule has 2 saturated heterocycles. The lowest BCUT2D eigenvalue weighted by Crippen LogP contribution is -2.56. The van der Waals surface area contributed by atoms with Crippen molar-refractivity contribution in [3.63, 3.8) is 0 Å². The molecular formula is C12H23NOS. The summed E-state index contributed by atoms with van der Waals surface area (Å²) in [4.78, 5) is 0. The van der Waals surface area contributed by atoms with Gasteiger partial charge in [0.15, 0.2) is 0 Å². The topological polar surface area (TPSA) is 21.3 Å². The van der Waals surface area contributed by atoms with Gasteiger partial charge >= 0.3 is 0 Å². The van der Waals surface area contributed by atoms with E-state index in [4.69, 9.17) is 4.74 Å². The first kappa shape index (κ1) is 11.7. The zero-order valence-electron chi connectivity index (χ0n) is 10.1. The van der Waals surface area contributed by atoms with Crippen molar-refractivity contribution in [1.82, 2.24) is 5.32 Å². The molecule has 0 aromatic heterocycles. The molecule has 0 aromatic rings. The Bertz CT molecular complexity index is 214. The number of thioether (sulfide) groups is 1. The standard InChI is InChI=1S/C12H23NOS/c1-11(2)8-13-12(3,14-9-11)6-10-4-5-15-7-10/h10,13H,4-9H2,1-3H3. The number of nitrogens with one attached hydrogen (secondary N) is 1. The molecule has 2 heterocycles. The Balaban J connectivity index is 1.85. The third kappa shape index (κ3) is 3.11. The Kier molecular flexibility index (Phi) is 3.34. The maximum Gasteiger partial charge on any atom is 0.116 e. The first-order valence-corrected chi connectivity index (χ1v) is 7.11. The van der Waals surface area contributed by atoms with Crippen molar-refractivity contribution >= 4 is 11.8 Å². The maximum atomic E-state index is 6.02. The molecule has 15 heavy (non-hydrogen) atoms. The molecular weight excluding hydrogens is 206 g/mol. The Morgan fingerprint density at radius 3 is 2.73 bits per heavy atom. The van der Waals surface area contributed by atoms with Crippen LogP contribution in [0.1, 0.15) is 33.6 Å². The number of ether oxygens (including phenoxy) is 1. The zero-order chi connectivity index (χ0) is 10.9. The summed E-state index contributed by atoms with van der Waals surface area (Å²) >= 11 is 2.09. The monoisotopic (exact) mass is 229 g/mol. The van der Waals surface area contributed by atoms with Crippen molar-refractivity contribution in [2.45, 2.75) is 39.3 Å². The minimum Gasteiger partial charge on any atom is -0.360 e. The zero-order valence-corrected chi connectivity index (χ0v) is 11.0. The lowest BCUT2D eigenvalue weighted by molar-refractivity contribution is -0.135. The van der Waals surface area contributed by atoms with Crippen LogP contribution in [0.5, 0.6) is 0 Å². The first-order chi connectivity index (χ1) is 6.99. The van der Waals surface area contributed by atoms with E-state index in [0.717, 1.165) is 19.1 Å². The predicted octanol–water partition coefficient (Wildman–Crippen LogP) is 2.49. The van der Waals surface area contributed by atoms with Gasteiger partial charge in [0, 0.05) is 12.0 Å². The molecule has 0 radical (unpaired) electrons. The second-order valence-electron chi connectivity index (χ2n) is 5.97. The molecule has 3 heteroatoms. The Morgan fingerprint density at radius 1 is 1.40 bits per heavy atom. The van der Waals surface area contributed by atoms with Crippen LogP contribution < -0.4 is 5.32 Å². The normalized spacial score (nSPS) is 40.6. The van der Waals surface area contributed by atoms with Crippen LogP contribution in [0, 0.1) is 11.3 Å². The lowest BCUT2D eigenvalue weighted by atomic mass is 9.89. The smallest absolute Gasteiger partial charge is 0.116 e. The summed E-state index contributed by atoms with van der Waals surface area (Å²) in [5, 5.41) is 3.58. The highest BCUT2D eigenvalue weighted by molar-refractivity contribution is 7.99. The molecule has 2 atom stereocenters. The Hall–Kier alpha value is 0.270. The molecule has 2 nitrogen and oxygen atoms in total. The summed E-state index contributed by atoms with van der Waals surface area (Å²) in [6.07, 6.45) is 2.55. The van der Waals surface area contributed by atoms with Crippen LogP contribution in [0.25, 0.3) is 0 Å². The fourth-order valence-corrected chi connectivity index (χ4v) is 3.59. The van der Waals surface area contributed by atoms with Crippen LogP contribution in [0.2, 0.25) is 0 Å². The summed E-state index contributed by atoms with van der Waals surface area (Å²) in [7, 11) is 0. The van der Waals surface area contributed by atoms with Crippen molar-refractivity contribution in [2.24, 2.45) is 11.3 Å². The number of hydrogen-bond acceptors (Lipinski definition) is 3. The van der Waals surface area contributed by atoms with Gasteiger partial charge in [0.1, 0.15) is 5.72 Å². The molecule has 0 saturated carbocycles. The van der Waals surface area contributed by atoms with Crippen molar-refractivity contribution in [2.75, 3.05) is 24.7 Å². The van der Waals surface area contributed by atoms with Gasteiger partial charge in [-0.25, -0.2) is 0 Å². The highest BCUT2D eigenvalue weighted by atomic mass is 32.2. The highest BCUT2D eigenvalue weighted by Crippen LogP contribution is 2.34. The molecule has 2 unspecified atom stereocenters. The van der Waals surface area contributed by atoms with E-state index in [1.165, 1.54) is 24.3 Å². The van der Waals surface area contributed by atoms with Crippen LogP contribution in [0.15, 0.2) is 0 Å². The van der Waals surface area contributed by atoms with Gasteiger partial charge in [0.05, 0.1) is 6.61 Å². The van der Waals surface area contributed by atoms with Crippen LogP contribution in [0.4, 0.5) is 0 Å². The van der Waals surface area contributed by atoms with Crippen molar-refractivity contribution < 1.29 is 4.74 Å². The van der Waals surface area contributed by atoms with Gasteiger partial charge in [0.25, 0.3) is 0 Å². The SMILES string of the molecule is CC1(C)CNC(C)(CC2CCSC2)OC1. The van der Waals surface area contributed by atoms with Crippen molar-refractivity contribution in [1.29, 1.82) is 0 Å². The van der Waals surface area contributed by atoms with E-state index in [-0.39, 0.29) is 5.72 Å². The minimum atomic E-state index is -0.0644.